The van der Waals surface area contributed by atoms with Gasteiger partial charge < -0.3 is 0 Å². The van der Waals surface area contributed by atoms with Crippen LogP contribution in [0.15, 0.2) is 35.1 Å². The summed E-state index contributed by atoms with van der Waals surface area (Å²) in [5.41, 5.74) is 0. The summed E-state index contributed by atoms with van der Waals surface area (Å²) in [7, 11) is 0. The van der Waals surface area contributed by atoms with E-state index in [9.17, 15) is 8.78 Å². The Morgan fingerprint density at radius 2 is 2.22 bits per heavy atom. The first-order valence-electron chi connectivity index (χ1n) is 7.15. The largest absolute Gasteiger partial charge is 0.319 e. The normalized spacial score (nSPS) is 14.7. The van der Waals surface area contributed by atoms with Crippen LogP contribution in [0.25, 0.3) is 10.7 Å². The maximum atomic E-state index is 12.9. The van der Waals surface area contributed by atoms with E-state index in [0.29, 0.717) is 17.6 Å². The van der Waals surface area contributed by atoms with E-state index in [0.717, 1.165) is 33.3 Å². The lowest BCUT2D eigenvalue weighted by molar-refractivity contribution is 0.0678. The molecule has 1 fully saturated rings. The number of thiophene rings is 1. The molecule has 3 aromatic rings. The first-order valence-corrected chi connectivity index (χ1v) is 9.02. The number of nitrogens with zero attached hydrogens (tertiary/aromatic N) is 5. The number of thioether (sulfide) groups is 1. The molecule has 1 aliphatic carbocycles. The average Bonchev–Trinajstić information content (AvgIpc) is 3.00. The lowest BCUT2D eigenvalue weighted by atomic mass is 10.4. The number of hydrogen-bond donors (Lipinski definition) is 0. The Morgan fingerprint density at radius 3 is 2.91 bits per heavy atom. The topological polar surface area (TPSA) is 48.5 Å². The molecular weight excluding hydrogens is 340 g/mol. The van der Waals surface area contributed by atoms with Gasteiger partial charge in [-0.25, -0.2) is 4.98 Å². The first kappa shape index (κ1) is 14.8. The fourth-order valence-electron chi connectivity index (χ4n) is 2.37. The molecule has 5 nitrogen and oxygen atoms in total. The van der Waals surface area contributed by atoms with E-state index in [4.69, 9.17) is 0 Å². The highest BCUT2D eigenvalue weighted by molar-refractivity contribution is 7.98. The van der Waals surface area contributed by atoms with Crippen molar-refractivity contribution in [3.8, 4) is 10.7 Å². The fraction of sp³-hybridized carbons (Fsp3) is 0.357. The third-order valence-corrected chi connectivity index (χ3v) is 5.41. The predicted octanol–water partition coefficient (Wildman–Crippen LogP) is 4.23. The lowest BCUT2D eigenvalue weighted by Gasteiger charge is -2.08. The van der Waals surface area contributed by atoms with Crippen LogP contribution >= 0.6 is 23.1 Å². The van der Waals surface area contributed by atoms with E-state index in [2.05, 4.69) is 19.7 Å². The molecule has 0 aliphatic heterocycles. The molecule has 0 atom stereocenters. The Balaban J connectivity index is 1.59. The van der Waals surface area contributed by atoms with Gasteiger partial charge in [0.25, 0.3) is 0 Å². The minimum absolute atomic E-state index is 0.340. The minimum Gasteiger partial charge on any atom is -0.298 e. The minimum atomic E-state index is -2.57. The number of hydrogen-bond acceptors (Lipinski definition) is 5. The first-order chi connectivity index (χ1) is 11.2. The summed E-state index contributed by atoms with van der Waals surface area (Å²) in [6.45, 7) is -2.57. The predicted molar refractivity (Wildman–Crippen MR) is 84.6 cm³/mol. The number of alkyl halides is 2. The van der Waals surface area contributed by atoms with Gasteiger partial charge in [-0.3, -0.25) is 9.13 Å². The van der Waals surface area contributed by atoms with E-state index in [1.54, 1.807) is 11.3 Å². The zero-order valence-electron chi connectivity index (χ0n) is 12.0. The van der Waals surface area contributed by atoms with Crippen molar-refractivity contribution >= 4 is 23.1 Å². The molecule has 3 aromatic heterocycles. The standard InChI is InChI=1S/C14H13F2N5S2/c15-13(16)20-6-5-17-11(20)8-23-14-19-18-12(10-2-1-7-22-10)21(14)9-3-4-9/h1-2,5-7,9,13H,3-4,8H2. The second-order valence-electron chi connectivity index (χ2n) is 5.20. The van der Waals surface area contributed by atoms with E-state index < -0.39 is 6.55 Å². The molecular formula is C14H13F2N5S2. The summed E-state index contributed by atoms with van der Waals surface area (Å²) >= 11 is 3.02. The van der Waals surface area contributed by atoms with Crippen molar-refractivity contribution in [2.75, 3.05) is 0 Å². The van der Waals surface area contributed by atoms with Crippen molar-refractivity contribution in [3.63, 3.8) is 0 Å². The molecule has 0 unspecified atom stereocenters. The monoisotopic (exact) mass is 353 g/mol. The van der Waals surface area contributed by atoms with Crippen LogP contribution in [-0.4, -0.2) is 24.3 Å². The van der Waals surface area contributed by atoms with Gasteiger partial charge in [0.15, 0.2) is 11.0 Å². The van der Waals surface area contributed by atoms with Crippen LogP contribution in [0.5, 0.6) is 0 Å². The van der Waals surface area contributed by atoms with E-state index >= 15 is 0 Å². The second kappa shape index (κ2) is 6.04. The van der Waals surface area contributed by atoms with Crippen LogP contribution in [0.2, 0.25) is 0 Å². The molecule has 1 saturated carbocycles. The Labute approximate surface area is 139 Å². The van der Waals surface area contributed by atoms with Crippen LogP contribution in [-0.2, 0) is 5.75 Å². The summed E-state index contributed by atoms with van der Waals surface area (Å²) in [6, 6.07) is 4.42. The maximum absolute atomic E-state index is 12.9. The zero-order chi connectivity index (χ0) is 15.8. The smallest absolute Gasteiger partial charge is 0.298 e. The third kappa shape index (κ3) is 2.90. The van der Waals surface area contributed by atoms with Crippen LogP contribution in [0, 0.1) is 0 Å². The molecule has 0 aromatic carbocycles. The quantitative estimate of drug-likeness (QED) is 0.623. The zero-order valence-corrected chi connectivity index (χ0v) is 13.6. The average molecular weight is 353 g/mol. The Hall–Kier alpha value is -1.74. The van der Waals surface area contributed by atoms with Gasteiger partial charge in [-0.2, -0.15) is 8.78 Å². The number of imidazole rings is 1. The van der Waals surface area contributed by atoms with Crippen molar-refractivity contribution in [2.24, 2.45) is 0 Å². The summed E-state index contributed by atoms with van der Waals surface area (Å²) < 4.78 is 28.8. The number of halogens is 2. The summed E-state index contributed by atoms with van der Waals surface area (Å²) in [5, 5.41) is 11.3. The van der Waals surface area contributed by atoms with E-state index in [-0.39, 0.29) is 0 Å². The molecule has 0 amide bonds. The lowest BCUT2D eigenvalue weighted by Crippen LogP contribution is -2.03. The van der Waals surface area contributed by atoms with Gasteiger partial charge in [-0.1, -0.05) is 17.8 Å². The molecule has 0 spiro atoms. The van der Waals surface area contributed by atoms with Gasteiger partial charge in [0.1, 0.15) is 5.82 Å². The van der Waals surface area contributed by atoms with Crippen LogP contribution in [0.4, 0.5) is 8.78 Å². The molecule has 0 radical (unpaired) electrons. The summed E-state index contributed by atoms with van der Waals surface area (Å²) in [5.74, 6) is 1.54. The molecule has 1 aliphatic rings. The Morgan fingerprint density at radius 1 is 1.35 bits per heavy atom. The van der Waals surface area contributed by atoms with Crippen molar-refractivity contribution in [2.45, 2.75) is 36.3 Å². The van der Waals surface area contributed by atoms with E-state index in [1.807, 2.05) is 17.5 Å². The molecule has 4 rings (SSSR count). The summed E-state index contributed by atoms with van der Waals surface area (Å²) in [4.78, 5) is 5.08. The molecule has 0 bridgehead atoms. The van der Waals surface area contributed by atoms with Crippen molar-refractivity contribution in [3.05, 3.63) is 35.7 Å². The Kier molecular flexibility index (Phi) is 3.90. The van der Waals surface area contributed by atoms with Gasteiger partial charge >= 0.3 is 6.55 Å². The van der Waals surface area contributed by atoms with Gasteiger partial charge in [0.05, 0.1) is 10.6 Å². The summed E-state index contributed by atoms with van der Waals surface area (Å²) in [6.07, 6.45) is 4.90. The highest BCUT2D eigenvalue weighted by atomic mass is 32.2. The SMILES string of the molecule is FC(F)n1ccnc1CSc1nnc(-c2cccs2)n1C1CC1. The van der Waals surface area contributed by atoms with Crippen molar-refractivity contribution < 1.29 is 8.78 Å². The van der Waals surface area contributed by atoms with Crippen LogP contribution < -0.4 is 0 Å². The van der Waals surface area contributed by atoms with Gasteiger partial charge in [-0.15, -0.1) is 21.5 Å². The third-order valence-electron chi connectivity index (χ3n) is 3.61. The number of rotatable bonds is 6. The van der Waals surface area contributed by atoms with Gasteiger partial charge in [0, 0.05) is 18.4 Å². The molecule has 120 valence electrons. The molecule has 0 saturated heterocycles. The highest BCUT2D eigenvalue weighted by Crippen LogP contribution is 2.42. The second-order valence-corrected chi connectivity index (χ2v) is 7.09. The molecule has 9 heteroatoms. The number of aromatic nitrogens is 5. The molecule has 23 heavy (non-hydrogen) atoms. The van der Waals surface area contributed by atoms with Crippen molar-refractivity contribution in [1.82, 2.24) is 24.3 Å². The van der Waals surface area contributed by atoms with Crippen LogP contribution in [0.1, 0.15) is 31.3 Å². The van der Waals surface area contributed by atoms with Gasteiger partial charge in [0.2, 0.25) is 0 Å². The molecule has 0 N–H and O–H groups in total. The maximum Gasteiger partial charge on any atom is 0.319 e. The van der Waals surface area contributed by atoms with Crippen molar-refractivity contribution in [1.29, 1.82) is 0 Å². The highest BCUT2D eigenvalue weighted by Gasteiger charge is 2.30. The van der Waals surface area contributed by atoms with Crippen LogP contribution in [0.3, 0.4) is 0 Å². The fourth-order valence-corrected chi connectivity index (χ4v) is 4.03. The van der Waals surface area contributed by atoms with Gasteiger partial charge in [-0.05, 0) is 24.3 Å². The van der Waals surface area contributed by atoms with E-state index in [1.165, 1.54) is 24.2 Å². The molecule has 3 heterocycles. The Bertz CT molecular complexity index is 792.